The zero-order chi connectivity index (χ0) is 16.5. The number of nitrogens with one attached hydrogen (secondary N) is 1. The van der Waals surface area contributed by atoms with Gasteiger partial charge in [-0.25, -0.2) is 0 Å². The van der Waals surface area contributed by atoms with Gasteiger partial charge in [-0.3, -0.25) is 14.5 Å². The van der Waals surface area contributed by atoms with Gasteiger partial charge in [0, 0.05) is 31.5 Å². The third-order valence-corrected chi connectivity index (χ3v) is 5.17. The summed E-state index contributed by atoms with van der Waals surface area (Å²) in [5.74, 6) is -0.170. The molecular formula is C18H32N2O3. The molecule has 2 aliphatic rings. The molecule has 0 aromatic heterocycles. The topological polar surface area (TPSA) is 58.6 Å². The van der Waals surface area contributed by atoms with Crippen molar-refractivity contribution in [2.24, 2.45) is 0 Å². The summed E-state index contributed by atoms with van der Waals surface area (Å²) in [5, 5.41) is 3.16. The number of ether oxygens (including phenoxy) is 1. The number of methoxy groups -OCH3 is 1. The van der Waals surface area contributed by atoms with Gasteiger partial charge in [-0.05, 0) is 38.6 Å². The number of piperidine rings is 1. The molecule has 1 aliphatic carbocycles. The van der Waals surface area contributed by atoms with Crippen molar-refractivity contribution in [1.82, 2.24) is 10.2 Å². The molecule has 0 spiro atoms. The first-order valence-electron chi connectivity index (χ1n) is 9.29. The molecule has 2 rings (SSSR count). The molecule has 2 fully saturated rings. The second-order valence-electron chi connectivity index (χ2n) is 6.98. The second-order valence-corrected chi connectivity index (χ2v) is 6.98. The molecule has 1 saturated heterocycles. The zero-order valence-electron chi connectivity index (χ0n) is 14.5. The summed E-state index contributed by atoms with van der Waals surface area (Å²) in [7, 11) is 1.38. The number of nitrogens with zero attached hydrogens (tertiary/aromatic N) is 1. The SMILES string of the molecule is COC(=O)CCCC(=O)N[C@H]1CCCN(C2CCCCCC2)C1. The molecule has 0 aromatic carbocycles. The van der Waals surface area contributed by atoms with Crippen LogP contribution >= 0.6 is 0 Å². The van der Waals surface area contributed by atoms with Crippen LogP contribution in [-0.4, -0.2) is 49.1 Å². The summed E-state index contributed by atoms with van der Waals surface area (Å²) >= 11 is 0. The Hall–Kier alpha value is -1.10. The van der Waals surface area contributed by atoms with E-state index >= 15 is 0 Å². The normalized spacial score (nSPS) is 24.0. The van der Waals surface area contributed by atoms with Gasteiger partial charge in [0.05, 0.1) is 7.11 Å². The zero-order valence-corrected chi connectivity index (χ0v) is 14.5. The molecule has 0 aromatic rings. The predicted molar refractivity (Wildman–Crippen MR) is 90.1 cm³/mol. The average molecular weight is 324 g/mol. The summed E-state index contributed by atoms with van der Waals surface area (Å²) in [6, 6.07) is 0.995. The third-order valence-electron chi connectivity index (χ3n) is 5.17. The maximum atomic E-state index is 12.0. The van der Waals surface area contributed by atoms with Gasteiger partial charge < -0.3 is 10.1 Å². The van der Waals surface area contributed by atoms with Crippen LogP contribution in [0.5, 0.6) is 0 Å². The number of hydrogen-bond acceptors (Lipinski definition) is 4. The standard InChI is InChI=1S/C18H32N2O3/c1-23-18(22)12-6-11-17(21)19-15-8-7-13-20(14-15)16-9-4-2-3-5-10-16/h15-16H,2-14H2,1H3,(H,19,21)/t15-/m0/s1. The summed E-state index contributed by atoms with van der Waals surface area (Å²) in [6.07, 6.45) is 11.7. The van der Waals surface area contributed by atoms with Crippen LogP contribution in [0.15, 0.2) is 0 Å². The Bertz CT molecular complexity index is 378. The highest BCUT2D eigenvalue weighted by Gasteiger charge is 2.27. The van der Waals surface area contributed by atoms with Crippen LogP contribution in [0.3, 0.4) is 0 Å². The van der Waals surface area contributed by atoms with Crippen LogP contribution in [0.2, 0.25) is 0 Å². The third kappa shape index (κ3) is 6.50. The molecule has 1 saturated carbocycles. The first kappa shape index (κ1) is 18.2. The highest BCUT2D eigenvalue weighted by Crippen LogP contribution is 2.24. The van der Waals surface area contributed by atoms with Crippen LogP contribution in [0, 0.1) is 0 Å². The summed E-state index contributed by atoms with van der Waals surface area (Å²) < 4.78 is 4.60. The molecule has 1 atom stereocenters. The summed E-state index contributed by atoms with van der Waals surface area (Å²) in [4.78, 5) is 25.7. The van der Waals surface area contributed by atoms with Crippen molar-refractivity contribution >= 4 is 11.9 Å². The Morgan fingerprint density at radius 3 is 2.48 bits per heavy atom. The van der Waals surface area contributed by atoms with Gasteiger partial charge in [0.15, 0.2) is 0 Å². The molecule has 1 amide bonds. The fourth-order valence-electron chi connectivity index (χ4n) is 3.87. The molecule has 0 bridgehead atoms. The molecule has 0 unspecified atom stereocenters. The van der Waals surface area contributed by atoms with Crippen molar-refractivity contribution in [3.63, 3.8) is 0 Å². The van der Waals surface area contributed by atoms with Crippen LogP contribution in [-0.2, 0) is 14.3 Å². The molecule has 1 heterocycles. The lowest BCUT2D eigenvalue weighted by molar-refractivity contribution is -0.140. The van der Waals surface area contributed by atoms with Crippen molar-refractivity contribution in [2.75, 3.05) is 20.2 Å². The minimum atomic E-state index is -0.241. The van der Waals surface area contributed by atoms with E-state index in [-0.39, 0.29) is 17.9 Å². The van der Waals surface area contributed by atoms with Crippen molar-refractivity contribution in [3.8, 4) is 0 Å². The van der Waals surface area contributed by atoms with Gasteiger partial charge in [0.1, 0.15) is 0 Å². The monoisotopic (exact) mass is 324 g/mol. The van der Waals surface area contributed by atoms with Crippen LogP contribution < -0.4 is 5.32 Å². The van der Waals surface area contributed by atoms with E-state index in [9.17, 15) is 9.59 Å². The first-order chi connectivity index (χ1) is 11.2. The number of rotatable bonds is 6. The number of esters is 1. The Labute approximate surface area is 140 Å². The van der Waals surface area contributed by atoms with E-state index in [0.29, 0.717) is 19.3 Å². The van der Waals surface area contributed by atoms with Gasteiger partial charge >= 0.3 is 5.97 Å². The fourth-order valence-corrected chi connectivity index (χ4v) is 3.87. The largest absolute Gasteiger partial charge is 0.469 e. The Morgan fingerprint density at radius 1 is 1.04 bits per heavy atom. The smallest absolute Gasteiger partial charge is 0.305 e. The number of carbonyl (C=O) groups excluding carboxylic acids is 2. The van der Waals surface area contributed by atoms with Crippen molar-refractivity contribution in [2.45, 2.75) is 82.7 Å². The van der Waals surface area contributed by atoms with E-state index in [2.05, 4.69) is 15.0 Å². The van der Waals surface area contributed by atoms with Gasteiger partial charge in [-0.15, -0.1) is 0 Å². The van der Waals surface area contributed by atoms with Crippen LogP contribution in [0.25, 0.3) is 0 Å². The van der Waals surface area contributed by atoms with E-state index in [1.54, 1.807) is 0 Å². The number of carbonyl (C=O) groups is 2. The Kier molecular flexibility index (Phi) is 7.86. The van der Waals surface area contributed by atoms with Gasteiger partial charge in [-0.2, -0.15) is 0 Å². The minimum absolute atomic E-state index is 0.0709. The predicted octanol–water partition coefficient (Wildman–Crippen LogP) is 2.63. The minimum Gasteiger partial charge on any atom is -0.469 e. The summed E-state index contributed by atoms with van der Waals surface area (Å²) in [6.45, 7) is 2.17. The van der Waals surface area contributed by atoms with Gasteiger partial charge in [0.25, 0.3) is 0 Å². The molecule has 5 nitrogen and oxygen atoms in total. The highest BCUT2D eigenvalue weighted by atomic mass is 16.5. The molecular weight excluding hydrogens is 292 g/mol. The number of hydrogen-bond donors (Lipinski definition) is 1. The van der Waals surface area contributed by atoms with Crippen molar-refractivity contribution in [1.29, 1.82) is 0 Å². The van der Waals surface area contributed by atoms with E-state index in [1.165, 1.54) is 58.6 Å². The molecule has 132 valence electrons. The van der Waals surface area contributed by atoms with Crippen LogP contribution in [0.1, 0.15) is 70.6 Å². The average Bonchev–Trinajstić information content (AvgIpc) is 2.84. The quantitative estimate of drug-likeness (QED) is 0.603. The lowest BCUT2D eigenvalue weighted by Crippen LogP contribution is -2.50. The molecule has 0 radical (unpaired) electrons. The van der Waals surface area contributed by atoms with Crippen molar-refractivity contribution < 1.29 is 14.3 Å². The van der Waals surface area contributed by atoms with Gasteiger partial charge in [-0.1, -0.05) is 25.7 Å². The lowest BCUT2D eigenvalue weighted by atomic mass is 9.99. The maximum absolute atomic E-state index is 12.0. The molecule has 1 aliphatic heterocycles. The second kappa shape index (κ2) is 9.91. The fraction of sp³-hybridized carbons (Fsp3) is 0.889. The number of likely N-dealkylation sites (tertiary alicyclic amines) is 1. The highest BCUT2D eigenvalue weighted by molar-refractivity contribution is 5.77. The van der Waals surface area contributed by atoms with Gasteiger partial charge in [0.2, 0.25) is 5.91 Å². The Balaban J connectivity index is 1.70. The first-order valence-corrected chi connectivity index (χ1v) is 9.29. The van der Waals surface area contributed by atoms with E-state index in [1.807, 2.05) is 0 Å². The maximum Gasteiger partial charge on any atom is 0.305 e. The number of amides is 1. The van der Waals surface area contributed by atoms with Crippen LogP contribution in [0.4, 0.5) is 0 Å². The molecule has 5 heteroatoms. The van der Waals surface area contributed by atoms with E-state index < -0.39 is 0 Å². The molecule has 23 heavy (non-hydrogen) atoms. The van der Waals surface area contributed by atoms with Crippen molar-refractivity contribution in [3.05, 3.63) is 0 Å². The van der Waals surface area contributed by atoms with E-state index in [0.717, 1.165) is 19.0 Å². The molecule has 1 N–H and O–H groups in total. The summed E-state index contributed by atoms with van der Waals surface area (Å²) in [5.41, 5.74) is 0. The Morgan fingerprint density at radius 2 is 1.78 bits per heavy atom. The van der Waals surface area contributed by atoms with E-state index in [4.69, 9.17) is 0 Å². The lowest BCUT2D eigenvalue weighted by Gasteiger charge is -2.38.